The largest absolute Gasteiger partial charge is 0.496 e. The average molecular weight is 324 g/mol. The first kappa shape index (κ1) is 17.3. The van der Waals surface area contributed by atoms with Crippen LogP contribution < -0.4 is 15.4 Å². The minimum atomic E-state index is -0.402. The van der Waals surface area contributed by atoms with E-state index < -0.39 is 5.91 Å². The van der Waals surface area contributed by atoms with Gasteiger partial charge in [0.25, 0.3) is 11.8 Å². The van der Waals surface area contributed by atoms with E-state index in [1.165, 1.54) is 7.11 Å². The highest BCUT2D eigenvalue weighted by atomic mass is 16.5. The number of likely N-dealkylation sites (N-methyl/N-ethyl adjacent to an activating group) is 1. The first-order valence-corrected chi connectivity index (χ1v) is 7.65. The molecule has 0 saturated carbocycles. The Kier molecular flexibility index (Phi) is 6.14. The van der Waals surface area contributed by atoms with Gasteiger partial charge in [0.2, 0.25) is 0 Å². The first-order chi connectivity index (χ1) is 11.7. The van der Waals surface area contributed by atoms with Crippen LogP contribution in [-0.2, 0) is 4.79 Å². The Balaban J connectivity index is 2.30. The van der Waals surface area contributed by atoms with E-state index in [1.54, 1.807) is 30.3 Å². The second-order valence-electron chi connectivity index (χ2n) is 4.98. The van der Waals surface area contributed by atoms with Crippen LogP contribution >= 0.6 is 0 Å². The molecule has 2 aromatic rings. The molecule has 24 heavy (non-hydrogen) atoms. The van der Waals surface area contributed by atoms with Gasteiger partial charge in [-0.25, -0.2) is 0 Å². The number of methoxy groups -OCH3 is 1. The highest BCUT2D eigenvalue weighted by Crippen LogP contribution is 2.17. The first-order valence-electron chi connectivity index (χ1n) is 7.65. The van der Waals surface area contributed by atoms with Crippen molar-refractivity contribution in [2.24, 2.45) is 0 Å². The molecule has 2 N–H and O–H groups in total. The lowest BCUT2D eigenvalue weighted by Gasteiger charge is -2.12. The summed E-state index contributed by atoms with van der Waals surface area (Å²) in [4.78, 5) is 24.8. The molecular weight excluding hydrogens is 304 g/mol. The molecule has 2 aromatic carbocycles. The monoisotopic (exact) mass is 324 g/mol. The number of rotatable bonds is 6. The highest BCUT2D eigenvalue weighted by molar-refractivity contribution is 6.06. The summed E-state index contributed by atoms with van der Waals surface area (Å²) in [6.07, 6.45) is 1.64. The second-order valence-corrected chi connectivity index (χ2v) is 4.98. The minimum absolute atomic E-state index is 0.180. The minimum Gasteiger partial charge on any atom is -0.496 e. The van der Waals surface area contributed by atoms with Crippen molar-refractivity contribution in [2.45, 2.75) is 6.92 Å². The van der Waals surface area contributed by atoms with Crippen LogP contribution in [0.1, 0.15) is 22.8 Å². The van der Waals surface area contributed by atoms with E-state index in [4.69, 9.17) is 4.74 Å². The molecule has 0 spiro atoms. The van der Waals surface area contributed by atoms with Crippen LogP contribution in [0.2, 0.25) is 0 Å². The van der Waals surface area contributed by atoms with E-state index in [2.05, 4.69) is 10.6 Å². The number of ether oxygens (including phenoxy) is 1. The number of carbonyl (C=O) groups excluding carboxylic acids is 2. The Hall–Kier alpha value is -3.08. The third kappa shape index (κ3) is 4.46. The summed E-state index contributed by atoms with van der Waals surface area (Å²) in [5, 5.41) is 5.37. The third-order valence-electron chi connectivity index (χ3n) is 3.29. The maximum absolute atomic E-state index is 12.5. The van der Waals surface area contributed by atoms with Gasteiger partial charge in [0.05, 0.1) is 12.7 Å². The second kappa shape index (κ2) is 8.53. The smallest absolute Gasteiger partial charge is 0.267 e. The molecule has 5 heteroatoms. The highest BCUT2D eigenvalue weighted by Gasteiger charge is 2.16. The van der Waals surface area contributed by atoms with Crippen LogP contribution in [0.4, 0.5) is 0 Å². The molecule has 5 nitrogen and oxygen atoms in total. The van der Waals surface area contributed by atoms with Gasteiger partial charge < -0.3 is 15.4 Å². The fourth-order valence-electron chi connectivity index (χ4n) is 2.15. The molecule has 0 aromatic heterocycles. The molecule has 0 bridgehead atoms. The molecule has 0 aliphatic carbocycles. The van der Waals surface area contributed by atoms with E-state index in [9.17, 15) is 9.59 Å². The fourth-order valence-corrected chi connectivity index (χ4v) is 2.15. The zero-order valence-corrected chi connectivity index (χ0v) is 13.7. The Morgan fingerprint density at radius 2 is 1.71 bits per heavy atom. The van der Waals surface area contributed by atoms with Gasteiger partial charge in [0.15, 0.2) is 0 Å². The van der Waals surface area contributed by atoms with E-state index in [0.717, 1.165) is 5.56 Å². The van der Waals surface area contributed by atoms with Crippen LogP contribution in [0.3, 0.4) is 0 Å². The molecule has 0 unspecified atom stereocenters. The summed E-state index contributed by atoms with van der Waals surface area (Å²) in [6.45, 7) is 2.29. The maximum atomic E-state index is 12.5. The predicted molar refractivity (Wildman–Crippen MR) is 93.6 cm³/mol. The molecule has 0 aliphatic rings. The molecule has 0 aliphatic heterocycles. The Morgan fingerprint density at radius 1 is 1.04 bits per heavy atom. The summed E-state index contributed by atoms with van der Waals surface area (Å²) in [6, 6.07) is 16.2. The number of amides is 2. The zero-order valence-electron chi connectivity index (χ0n) is 13.7. The number of para-hydroxylation sites is 1. The van der Waals surface area contributed by atoms with Gasteiger partial charge in [-0.15, -0.1) is 0 Å². The van der Waals surface area contributed by atoms with Crippen molar-refractivity contribution >= 4 is 17.9 Å². The van der Waals surface area contributed by atoms with Crippen molar-refractivity contribution in [1.82, 2.24) is 10.6 Å². The lowest BCUT2D eigenvalue weighted by atomic mass is 10.1. The van der Waals surface area contributed by atoms with E-state index in [1.807, 2.05) is 37.3 Å². The normalized spacial score (nSPS) is 10.8. The number of carbonyl (C=O) groups is 2. The molecule has 0 fully saturated rings. The molecule has 0 radical (unpaired) electrons. The van der Waals surface area contributed by atoms with Gasteiger partial charge in [-0.3, -0.25) is 9.59 Å². The summed E-state index contributed by atoms with van der Waals surface area (Å²) >= 11 is 0. The number of hydrogen-bond donors (Lipinski definition) is 2. The van der Waals surface area contributed by atoms with Gasteiger partial charge in [-0.1, -0.05) is 42.5 Å². The maximum Gasteiger partial charge on any atom is 0.267 e. The van der Waals surface area contributed by atoms with Crippen LogP contribution in [-0.4, -0.2) is 25.5 Å². The SMILES string of the molecule is CCNC(=O)C(=Cc1ccccc1)NC(=O)c1ccccc1OC. The van der Waals surface area contributed by atoms with Crippen molar-refractivity contribution in [1.29, 1.82) is 0 Å². The lowest BCUT2D eigenvalue weighted by molar-refractivity contribution is -0.117. The topological polar surface area (TPSA) is 67.4 Å². The van der Waals surface area contributed by atoms with Crippen molar-refractivity contribution in [3.05, 3.63) is 71.4 Å². The van der Waals surface area contributed by atoms with Crippen LogP contribution in [0, 0.1) is 0 Å². The number of benzene rings is 2. The Bertz CT molecular complexity index is 739. The van der Waals surface area contributed by atoms with E-state index in [-0.39, 0.29) is 11.6 Å². The van der Waals surface area contributed by atoms with E-state index in [0.29, 0.717) is 17.9 Å². The Morgan fingerprint density at radius 3 is 2.38 bits per heavy atom. The standard InChI is InChI=1S/C19H20N2O3/c1-3-20-19(23)16(13-14-9-5-4-6-10-14)21-18(22)15-11-7-8-12-17(15)24-2/h4-13H,3H2,1-2H3,(H,20,23)(H,21,22). The average Bonchev–Trinajstić information content (AvgIpc) is 2.62. The third-order valence-corrected chi connectivity index (χ3v) is 3.29. The zero-order chi connectivity index (χ0) is 17.4. The van der Waals surface area contributed by atoms with Crippen molar-refractivity contribution in [3.8, 4) is 5.75 Å². The molecule has 0 heterocycles. The van der Waals surface area contributed by atoms with Crippen molar-refractivity contribution < 1.29 is 14.3 Å². The summed E-state index contributed by atoms with van der Waals surface area (Å²) in [7, 11) is 1.50. The van der Waals surface area contributed by atoms with Gasteiger partial charge in [-0.05, 0) is 30.7 Å². The Labute approximate surface area is 141 Å². The predicted octanol–water partition coefficient (Wildman–Crippen LogP) is 2.60. The van der Waals surface area contributed by atoms with E-state index >= 15 is 0 Å². The quantitative estimate of drug-likeness (QED) is 0.803. The lowest BCUT2D eigenvalue weighted by Crippen LogP contribution is -2.34. The van der Waals surface area contributed by atoms with Gasteiger partial charge in [0.1, 0.15) is 11.4 Å². The van der Waals surface area contributed by atoms with Crippen molar-refractivity contribution in [3.63, 3.8) is 0 Å². The molecule has 0 atom stereocenters. The van der Waals surface area contributed by atoms with Crippen LogP contribution in [0.5, 0.6) is 5.75 Å². The van der Waals surface area contributed by atoms with Gasteiger partial charge in [-0.2, -0.15) is 0 Å². The number of hydrogen-bond acceptors (Lipinski definition) is 3. The summed E-state index contributed by atoms with van der Waals surface area (Å²) in [5.74, 6) is -0.296. The van der Waals surface area contributed by atoms with Gasteiger partial charge >= 0.3 is 0 Å². The van der Waals surface area contributed by atoms with Gasteiger partial charge in [0, 0.05) is 6.54 Å². The summed E-state index contributed by atoms with van der Waals surface area (Å²) < 4.78 is 5.19. The fraction of sp³-hybridized carbons (Fsp3) is 0.158. The molecule has 2 rings (SSSR count). The van der Waals surface area contributed by atoms with Crippen molar-refractivity contribution in [2.75, 3.05) is 13.7 Å². The summed E-state index contributed by atoms with van der Waals surface area (Å²) in [5.41, 5.74) is 1.36. The molecule has 2 amide bonds. The van der Waals surface area contributed by atoms with Crippen LogP contribution in [0.15, 0.2) is 60.3 Å². The molecule has 124 valence electrons. The van der Waals surface area contributed by atoms with Crippen LogP contribution in [0.25, 0.3) is 6.08 Å². The molecule has 0 saturated heterocycles. The number of nitrogens with one attached hydrogen (secondary N) is 2. The molecular formula is C19H20N2O3.